The Hall–Kier alpha value is -4.00. The minimum absolute atomic E-state index is 0.116. The number of benzene rings is 3. The molecule has 0 radical (unpaired) electrons. The number of aryl methyl sites for hydroxylation is 1. The molecule has 182 valence electrons. The highest BCUT2D eigenvalue weighted by Crippen LogP contribution is 2.31. The van der Waals surface area contributed by atoms with Gasteiger partial charge in [0.05, 0.1) is 20.3 Å². The highest BCUT2D eigenvalue weighted by molar-refractivity contribution is 5.96. The molecule has 1 saturated heterocycles. The van der Waals surface area contributed by atoms with Crippen LogP contribution in [-0.2, 0) is 0 Å². The van der Waals surface area contributed by atoms with Crippen LogP contribution in [0.2, 0.25) is 0 Å². The van der Waals surface area contributed by atoms with E-state index in [0.29, 0.717) is 36.7 Å². The number of ether oxygens (including phenoxy) is 2. The van der Waals surface area contributed by atoms with Gasteiger partial charge in [-0.15, -0.1) is 0 Å². The highest BCUT2D eigenvalue weighted by atomic mass is 16.5. The second kappa shape index (κ2) is 10.5. The fraction of sp³-hybridized carbons (Fsp3) is 0.286. The zero-order valence-corrected chi connectivity index (χ0v) is 20.6. The standard InChI is InChI=1S/C28H31N3O4/c1-19-9-8-12-23(20(19)2)29-28(33)30-15-16-31(24(18-30)21-10-6-5-7-11-21)27(32)22-13-14-25(34-3)26(17-22)35-4/h5-14,17,24H,15-16,18H2,1-4H3,(H,29,33). The summed E-state index contributed by atoms with van der Waals surface area (Å²) < 4.78 is 10.7. The predicted molar refractivity (Wildman–Crippen MR) is 136 cm³/mol. The zero-order chi connectivity index (χ0) is 24.9. The van der Waals surface area contributed by atoms with E-state index in [9.17, 15) is 9.59 Å². The lowest BCUT2D eigenvalue weighted by atomic mass is 10.0. The van der Waals surface area contributed by atoms with Crippen LogP contribution in [0.4, 0.5) is 10.5 Å². The van der Waals surface area contributed by atoms with Crippen LogP contribution in [0.25, 0.3) is 0 Å². The number of hydrogen-bond acceptors (Lipinski definition) is 4. The lowest BCUT2D eigenvalue weighted by Crippen LogP contribution is -2.53. The van der Waals surface area contributed by atoms with Gasteiger partial charge < -0.3 is 24.6 Å². The summed E-state index contributed by atoms with van der Waals surface area (Å²) in [6.45, 7) is 5.25. The Morgan fingerprint density at radius 1 is 0.886 bits per heavy atom. The van der Waals surface area contributed by atoms with Crippen LogP contribution in [0.1, 0.15) is 33.1 Å². The highest BCUT2D eigenvalue weighted by Gasteiger charge is 2.34. The summed E-state index contributed by atoms with van der Waals surface area (Å²) in [5.74, 6) is 0.951. The van der Waals surface area contributed by atoms with E-state index in [1.807, 2.05) is 67.3 Å². The molecule has 0 bridgehead atoms. The second-order valence-electron chi connectivity index (χ2n) is 8.62. The minimum Gasteiger partial charge on any atom is -0.493 e. The number of piperazine rings is 1. The Morgan fingerprint density at radius 3 is 2.34 bits per heavy atom. The molecule has 0 aliphatic carbocycles. The van der Waals surface area contributed by atoms with Crippen molar-refractivity contribution < 1.29 is 19.1 Å². The van der Waals surface area contributed by atoms with Gasteiger partial charge in [0.15, 0.2) is 11.5 Å². The van der Waals surface area contributed by atoms with Crippen molar-refractivity contribution in [1.29, 1.82) is 0 Å². The maximum atomic E-state index is 13.6. The van der Waals surface area contributed by atoms with Crippen molar-refractivity contribution in [2.24, 2.45) is 0 Å². The number of nitrogens with one attached hydrogen (secondary N) is 1. The topological polar surface area (TPSA) is 71.1 Å². The summed E-state index contributed by atoms with van der Waals surface area (Å²) in [4.78, 5) is 30.4. The van der Waals surface area contributed by atoms with Gasteiger partial charge in [-0.1, -0.05) is 42.5 Å². The van der Waals surface area contributed by atoms with Gasteiger partial charge in [-0.3, -0.25) is 4.79 Å². The Bertz CT molecular complexity index is 1210. The number of urea groups is 1. The predicted octanol–water partition coefficient (Wildman–Crippen LogP) is 5.05. The summed E-state index contributed by atoms with van der Waals surface area (Å²) in [7, 11) is 3.11. The Morgan fingerprint density at radius 2 is 1.63 bits per heavy atom. The molecule has 7 nitrogen and oxygen atoms in total. The third-order valence-electron chi connectivity index (χ3n) is 6.59. The third-order valence-corrected chi connectivity index (χ3v) is 6.59. The van der Waals surface area contributed by atoms with E-state index in [1.54, 1.807) is 37.3 Å². The molecule has 1 aliphatic heterocycles. The van der Waals surface area contributed by atoms with E-state index in [-0.39, 0.29) is 18.0 Å². The second-order valence-corrected chi connectivity index (χ2v) is 8.62. The van der Waals surface area contributed by atoms with Gasteiger partial charge in [-0.2, -0.15) is 0 Å². The first-order valence-electron chi connectivity index (χ1n) is 11.6. The van der Waals surface area contributed by atoms with Crippen molar-refractivity contribution >= 4 is 17.6 Å². The first-order chi connectivity index (χ1) is 16.9. The molecule has 7 heteroatoms. The zero-order valence-electron chi connectivity index (χ0n) is 20.6. The van der Waals surface area contributed by atoms with E-state index in [2.05, 4.69) is 5.32 Å². The Labute approximate surface area is 206 Å². The fourth-order valence-electron chi connectivity index (χ4n) is 4.39. The molecule has 1 aliphatic rings. The largest absolute Gasteiger partial charge is 0.493 e. The molecule has 0 aromatic heterocycles. The molecule has 0 saturated carbocycles. The summed E-state index contributed by atoms with van der Waals surface area (Å²) in [5.41, 5.74) is 4.45. The van der Waals surface area contributed by atoms with Crippen LogP contribution in [0.15, 0.2) is 66.7 Å². The number of rotatable bonds is 5. The van der Waals surface area contributed by atoms with E-state index < -0.39 is 0 Å². The fourth-order valence-corrected chi connectivity index (χ4v) is 4.39. The number of methoxy groups -OCH3 is 2. The van der Waals surface area contributed by atoms with Crippen molar-refractivity contribution in [1.82, 2.24) is 9.80 Å². The van der Waals surface area contributed by atoms with Crippen LogP contribution in [0, 0.1) is 13.8 Å². The monoisotopic (exact) mass is 473 g/mol. The first kappa shape index (κ1) is 24.1. The number of anilines is 1. The molecule has 35 heavy (non-hydrogen) atoms. The van der Waals surface area contributed by atoms with Gasteiger partial charge in [0.25, 0.3) is 5.91 Å². The van der Waals surface area contributed by atoms with E-state index in [4.69, 9.17) is 9.47 Å². The average Bonchev–Trinajstić information content (AvgIpc) is 2.90. The molecule has 0 spiro atoms. The molecule has 4 rings (SSSR count). The van der Waals surface area contributed by atoms with Crippen LogP contribution in [-0.4, -0.2) is 55.6 Å². The van der Waals surface area contributed by atoms with Gasteiger partial charge >= 0.3 is 6.03 Å². The van der Waals surface area contributed by atoms with Crippen LogP contribution >= 0.6 is 0 Å². The SMILES string of the molecule is COc1ccc(C(=O)N2CCN(C(=O)Nc3cccc(C)c3C)CC2c2ccccc2)cc1OC. The quantitative estimate of drug-likeness (QED) is 0.563. The van der Waals surface area contributed by atoms with Crippen molar-refractivity contribution in [2.45, 2.75) is 19.9 Å². The summed E-state index contributed by atoms with van der Waals surface area (Å²) in [6.07, 6.45) is 0. The van der Waals surface area contributed by atoms with E-state index in [0.717, 1.165) is 22.4 Å². The van der Waals surface area contributed by atoms with E-state index >= 15 is 0 Å². The first-order valence-corrected chi connectivity index (χ1v) is 11.6. The Balaban J connectivity index is 1.59. The number of hydrogen-bond donors (Lipinski definition) is 1. The van der Waals surface area contributed by atoms with E-state index in [1.165, 1.54) is 0 Å². The summed E-state index contributed by atoms with van der Waals surface area (Å²) >= 11 is 0. The van der Waals surface area contributed by atoms with Crippen molar-refractivity contribution in [2.75, 3.05) is 39.2 Å². The van der Waals surface area contributed by atoms with Gasteiger partial charge in [0.1, 0.15) is 0 Å². The smallest absolute Gasteiger partial charge is 0.321 e. The number of carbonyl (C=O) groups excluding carboxylic acids is 2. The molecule has 3 aromatic rings. The number of carbonyl (C=O) groups is 2. The van der Waals surface area contributed by atoms with Gasteiger partial charge in [0, 0.05) is 30.9 Å². The lowest BCUT2D eigenvalue weighted by Gasteiger charge is -2.41. The van der Waals surface area contributed by atoms with Gasteiger partial charge in [-0.25, -0.2) is 4.79 Å². The Kier molecular flexibility index (Phi) is 7.25. The van der Waals surface area contributed by atoms with Crippen molar-refractivity contribution in [3.05, 3.63) is 89.0 Å². The molecule has 3 amide bonds. The molecule has 1 unspecified atom stereocenters. The molecule has 1 fully saturated rings. The molecule has 1 heterocycles. The van der Waals surface area contributed by atoms with Crippen LogP contribution in [0.3, 0.4) is 0 Å². The number of amides is 3. The van der Waals surface area contributed by atoms with Gasteiger partial charge in [-0.05, 0) is 54.8 Å². The molecule has 1 atom stereocenters. The third kappa shape index (κ3) is 5.09. The average molecular weight is 474 g/mol. The maximum absolute atomic E-state index is 13.6. The molecular weight excluding hydrogens is 442 g/mol. The number of nitrogens with zero attached hydrogens (tertiary/aromatic N) is 2. The molecule has 3 aromatic carbocycles. The van der Waals surface area contributed by atoms with Crippen LogP contribution < -0.4 is 14.8 Å². The minimum atomic E-state index is -0.282. The summed E-state index contributed by atoms with van der Waals surface area (Å²) in [6, 6.07) is 20.4. The maximum Gasteiger partial charge on any atom is 0.321 e. The molecular formula is C28H31N3O4. The molecule has 1 N–H and O–H groups in total. The summed E-state index contributed by atoms with van der Waals surface area (Å²) in [5, 5.41) is 3.05. The van der Waals surface area contributed by atoms with Crippen molar-refractivity contribution in [3.63, 3.8) is 0 Å². The lowest BCUT2D eigenvalue weighted by molar-refractivity contribution is 0.0516. The van der Waals surface area contributed by atoms with Crippen molar-refractivity contribution in [3.8, 4) is 11.5 Å². The normalized spacial score (nSPS) is 15.5. The van der Waals surface area contributed by atoms with Crippen LogP contribution in [0.5, 0.6) is 11.5 Å². The van der Waals surface area contributed by atoms with Gasteiger partial charge in [0.2, 0.25) is 0 Å².